The van der Waals surface area contributed by atoms with Crippen molar-refractivity contribution in [3.63, 3.8) is 0 Å². The molecule has 7 heteroatoms. The van der Waals surface area contributed by atoms with Crippen LogP contribution in [0, 0.1) is 0 Å². The van der Waals surface area contributed by atoms with Gasteiger partial charge in [0.25, 0.3) is 0 Å². The highest BCUT2D eigenvalue weighted by molar-refractivity contribution is 5.73. The van der Waals surface area contributed by atoms with E-state index in [1.807, 2.05) is 30.7 Å². The number of urea groups is 1. The Morgan fingerprint density at radius 1 is 1.29 bits per heavy atom. The summed E-state index contributed by atoms with van der Waals surface area (Å²) >= 11 is 0. The molecule has 0 aliphatic rings. The summed E-state index contributed by atoms with van der Waals surface area (Å²) in [5.41, 5.74) is 3.24. The largest absolute Gasteiger partial charge is 0.479 e. The summed E-state index contributed by atoms with van der Waals surface area (Å²) < 4.78 is 0. The Morgan fingerprint density at radius 3 is 2.67 bits per heavy atom. The van der Waals surface area contributed by atoms with Crippen molar-refractivity contribution >= 4 is 12.0 Å². The molecule has 0 bridgehead atoms. The van der Waals surface area contributed by atoms with E-state index in [0.29, 0.717) is 6.54 Å². The van der Waals surface area contributed by atoms with Gasteiger partial charge in [-0.1, -0.05) is 30.3 Å². The average Bonchev–Trinajstić information content (AvgIpc) is 2.44. The molecular weight excluding hydrogens is 274 g/mol. The summed E-state index contributed by atoms with van der Waals surface area (Å²) in [7, 11) is 2.02. The first-order chi connectivity index (χ1) is 10.1. The molecule has 0 atom stereocenters. The molecule has 0 aromatic heterocycles. The molecule has 0 radical (unpaired) electrons. The van der Waals surface area contributed by atoms with Crippen molar-refractivity contribution in [1.29, 1.82) is 0 Å². The Morgan fingerprint density at radius 2 is 2.00 bits per heavy atom. The minimum atomic E-state index is -1.14. The molecule has 0 fully saturated rings. The average molecular weight is 295 g/mol. The second-order valence-electron chi connectivity index (χ2n) is 4.62. The number of carboxylic acid groups (broad SMARTS) is 1. The van der Waals surface area contributed by atoms with Crippen molar-refractivity contribution in [2.45, 2.75) is 13.0 Å². The summed E-state index contributed by atoms with van der Waals surface area (Å²) in [6, 6.07) is 9.60. The fourth-order valence-corrected chi connectivity index (χ4v) is 1.72. The van der Waals surface area contributed by atoms with Crippen LogP contribution in [0.15, 0.2) is 30.3 Å². The van der Waals surface area contributed by atoms with Crippen LogP contribution in [-0.4, -0.2) is 48.8 Å². The maximum absolute atomic E-state index is 11.2. The molecule has 1 rings (SSSR count). The van der Waals surface area contributed by atoms with E-state index >= 15 is 0 Å². The summed E-state index contributed by atoms with van der Waals surface area (Å²) in [6.45, 7) is 1.62. The van der Waals surface area contributed by atoms with Gasteiger partial charge in [0.1, 0.15) is 0 Å². The van der Waals surface area contributed by atoms with Crippen molar-refractivity contribution < 1.29 is 19.5 Å². The zero-order valence-corrected chi connectivity index (χ0v) is 12.0. The molecule has 0 heterocycles. The number of nitrogens with one attached hydrogen (secondary N) is 2. The molecular formula is C14H21N3O4. The molecule has 1 aromatic carbocycles. The first-order valence-corrected chi connectivity index (χ1v) is 6.68. The lowest BCUT2D eigenvalue weighted by atomic mass is 10.2. The predicted molar refractivity (Wildman–Crippen MR) is 77.5 cm³/mol. The molecule has 0 saturated heterocycles. The predicted octanol–water partition coefficient (Wildman–Crippen LogP) is 0.824. The molecule has 7 nitrogen and oxygen atoms in total. The number of hydroxylamine groups is 1. The minimum absolute atomic E-state index is 0.487. The summed E-state index contributed by atoms with van der Waals surface area (Å²) in [6.07, 6.45) is 0.787. The zero-order chi connectivity index (χ0) is 15.5. The van der Waals surface area contributed by atoms with Crippen molar-refractivity contribution in [2.24, 2.45) is 0 Å². The monoisotopic (exact) mass is 295 g/mol. The number of carbonyl (C=O) groups is 2. The number of carboxylic acids is 1. The van der Waals surface area contributed by atoms with Crippen molar-refractivity contribution in [2.75, 3.05) is 26.7 Å². The zero-order valence-electron chi connectivity index (χ0n) is 12.0. The Bertz CT molecular complexity index is 439. The van der Waals surface area contributed by atoms with Gasteiger partial charge in [-0.15, -0.1) is 0 Å². The van der Waals surface area contributed by atoms with Gasteiger partial charge in [-0.25, -0.2) is 15.1 Å². The van der Waals surface area contributed by atoms with Crippen LogP contribution in [0.4, 0.5) is 4.79 Å². The van der Waals surface area contributed by atoms with Crippen LogP contribution < -0.4 is 10.8 Å². The molecule has 21 heavy (non-hydrogen) atoms. The second kappa shape index (κ2) is 9.73. The lowest BCUT2D eigenvalue weighted by Gasteiger charge is -2.16. The van der Waals surface area contributed by atoms with Crippen LogP contribution in [0.25, 0.3) is 0 Å². The molecule has 0 spiro atoms. The van der Waals surface area contributed by atoms with Crippen LogP contribution in [0.3, 0.4) is 0 Å². The third-order valence-electron chi connectivity index (χ3n) is 2.66. The fourth-order valence-electron chi connectivity index (χ4n) is 1.72. The number of benzene rings is 1. The van der Waals surface area contributed by atoms with Gasteiger partial charge in [-0.3, -0.25) is 4.84 Å². The Labute approximate surface area is 123 Å². The quantitative estimate of drug-likeness (QED) is 0.463. The standard InChI is InChI=1S/C14H21N3O4/c1-17(10-12-6-3-2-4-7-12)9-5-8-15-14(20)16-21-11-13(18)19/h2-4,6-7H,5,8-11H2,1H3,(H,18,19)(H2,15,16,20). The fraction of sp³-hybridized carbons (Fsp3) is 0.429. The van der Waals surface area contributed by atoms with Crippen LogP contribution in [0.5, 0.6) is 0 Å². The van der Waals surface area contributed by atoms with E-state index in [1.165, 1.54) is 5.56 Å². The molecule has 3 N–H and O–H groups in total. The van der Waals surface area contributed by atoms with E-state index < -0.39 is 18.6 Å². The van der Waals surface area contributed by atoms with E-state index in [-0.39, 0.29) is 0 Å². The molecule has 0 aliphatic heterocycles. The lowest BCUT2D eigenvalue weighted by molar-refractivity contribution is -0.144. The van der Waals surface area contributed by atoms with Crippen molar-refractivity contribution in [3.8, 4) is 0 Å². The third kappa shape index (κ3) is 8.61. The van der Waals surface area contributed by atoms with Crippen LogP contribution >= 0.6 is 0 Å². The topological polar surface area (TPSA) is 90.9 Å². The van der Waals surface area contributed by atoms with Gasteiger partial charge in [0, 0.05) is 13.1 Å². The summed E-state index contributed by atoms with van der Waals surface area (Å²) in [4.78, 5) is 28.0. The number of hydrogen-bond donors (Lipinski definition) is 3. The van der Waals surface area contributed by atoms with Gasteiger partial charge in [-0.2, -0.15) is 0 Å². The molecule has 1 aromatic rings. The number of amides is 2. The van der Waals surface area contributed by atoms with Crippen LogP contribution in [0.2, 0.25) is 0 Å². The smallest absolute Gasteiger partial charge is 0.338 e. The van der Waals surface area contributed by atoms with Gasteiger partial charge in [-0.05, 0) is 25.6 Å². The van der Waals surface area contributed by atoms with E-state index in [0.717, 1.165) is 19.5 Å². The maximum atomic E-state index is 11.2. The first kappa shape index (κ1) is 16.9. The van der Waals surface area contributed by atoms with Crippen LogP contribution in [-0.2, 0) is 16.2 Å². The number of nitrogens with zero attached hydrogens (tertiary/aromatic N) is 1. The van der Waals surface area contributed by atoms with Crippen molar-refractivity contribution in [3.05, 3.63) is 35.9 Å². The minimum Gasteiger partial charge on any atom is -0.479 e. The summed E-state index contributed by atoms with van der Waals surface area (Å²) in [5.74, 6) is -1.14. The van der Waals surface area contributed by atoms with Gasteiger partial charge in [0.2, 0.25) is 0 Å². The second-order valence-corrected chi connectivity index (χ2v) is 4.62. The Hall–Kier alpha value is -2.12. The SMILES string of the molecule is CN(CCCNC(=O)NOCC(=O)O)Cc1ccccc1. The normalized spacial score (nSPS) is 10.4. The van der Waals surface area contributed by atoms with E-state index in [1.54, 1.807) is 0 Å². The summed E-state index contributed by atoms with van der Waals surface area (Å²) in [5, 5.41) is 10.9. The molecule has 0 unspecified atom stereocenters. The van der Waals surface area contributed by atoms with Gasteiger partial charge >= 0.3 is 12.0 Å². The number of carbonyl (C=O) groups excluding carboxylic acids is 1. The molecule has 0 aliphatic carbocycles. The Balaban J connectivity index is 2.05. The molecule has 0 saturated carbocycles. The highest BCUT2D eigenvalue weighted by Gasteiger charge is 2.03. The van der Waals surface area contributed by atoms with Gasteiger partial charge < -0.3 is 15.3 Å². The highest BCUT2D eigenvalue weighted by Crippen LogP contribution is 2.02. The third-order valence-corrected chi connectivity index (χ3v) is 2.66. The molecule has 2 amide bonds. The van der Waals surface area contributed by atoms with E-state index in [4.69, 9.17) is 5.11 Å². The van der Waals surface area contributed by atoms with E-state index in [2.05, 4.69) is 27.2 Å². The van der Waals surface area contributed by atoms with E-state index in [9.17, 15) is 9.59 Å². The number of hydrogen-bond acceptors (Lipinski definition) is 4. The van der Waals surface area contributed by atoms with Gasteiger partial charge in [0.15, 0.2) is 6.61 Å². The van der Waals surface area contributed by atoms with Crippen LogP contribution in [0.1, 0.15) is 12.0 Å². The van der Waals surface area contributed by atoms with Gasteiger partial charge in [0.05, 0.1) is 0 Å². The first-order valence-electron chi connectivity index (χ1n) is 6.68. The number of aliphatic carboxylic acids is 1. The Kier molecular flexibility index (Phi) is 7.85. The van der Waals surface area contributed by atoms with Crippen molar-refractivity contribution in [1.82, 2.24) is 15.7 Å². The molecule has 116 valence electrons. The number of rotatable bonds is 9. The lowest BCUT2D eigenvalue weighted by Crippen LogP contribution is -2.37. The highest BCUT2D eigenvalue weighted by atomic mass is 16.7. The maximum Gasteiger partial charge on any atom is 0.338 e.